The van der Waals surface area contributed by atoms with Crippen LogP contribution in [-0.4, -0.2) is 9.97 Å². The van der Waals surface area contributed by atoms with Crippen LogP contribution >= 0.6 is 0 Å². The Morgan fingerprint density at radius 2 is 0.509 bits per heavy atom. The largest absolute Gasteiger partial charge is 0.236 e. The molecule has 0 aliphatic heterocycles. The summed E-state index contributed by atoms with van der Waals surface area (Å²) >= 11 is 0. The molecular weight excluding hydrogens is 1350 g/mol. The summed E-state index contributed by atoms with van der Waals surface area (Å²) in [6, 6.07) is 37.8. The third-order valence-corrected chi connectivity index (χ3v) is 27.6. The normalized spacial score (nSPS) is 19.3. The van der Waals surface area contributed by atoms with E-state index in [1.54, 1.807) is 17.5 Å². The minimum Gasteiger partial charge on any atom is -0.236 e. The van der Waals surface area contributed by atoms with E-state index in [1.807, 2.05) is 0 Å². The first-order chi connectivity index (χ1) is 51.3. The molecule has 4 aliphatic carbocycles. The zero-order valence-electron chi connectivity index (χ0n) is 72.5. The van der Waals surface area contributed by atoms with Gasteiger partial charge in [0, 0.05) is 18.0 Å². The zero-order valence-corrected chi connectivity index (χ0v) is 72.5. The van der Waals surface area contributed by atoms with Crippen LogP contribution in [0, 0.1) is 187 Å². The number of hydrogen-bond acceptors (Lipinski definition) is 2. The SMILES string of the molecule is C.C.C.C.Cc1cc(-c2c(C)cc(-c3ncc(C4CCC(C)CC4)cn3)cc2C)cc(C)c1C.Cc1cc(C)c(Cc2cc(C)c(Cc3cc(C)c(C)c(C)c3)c(C)c2)c(C)c1.Cc1cc(CC2CCC(CC3CCC(C)CC3)CC2)cc(C)c1C.Cc1cc(Cc2c(C)cc(CC3CCC(C)CC3)cc2C)cc(C)c1C. The van der Waals surface area contributed by atoms with Crippen molar-refractivity contribution in [1.82, 2.24) is 9.97 Å². The van der Waals surface area contributed by atoms with Gasteiger partial charge in [0.1, 0.15) is 0 Å². The fourth-order valence-electron chi connectivity index (χ4n) is 19.7. The monoisotopic (exact) mass is 1510 g/mol. The Morgan fingerprint density at radius 3 is 0.848 bits per heavy atom. The summed E-state index contributed by atoms with van der Waals surface area (Å²) in [4.78, 5) is 9.51. The van der Waals surface area contributed by atoms with Crippen LogP contribution in [0.1, 0.15) is 332 Å². The Kier molecular flexibility index (Phi) is 35.5. The van der Waals surface area contributed by atoms with E-state index < -0.39 is 0 Å². The van der Waals surface area contributed by atoms with E-state index in [9.17, 15) is 0 Å². The molecular formula is C110H158N2. The van der Waals surface area contributed by atoms with Gasteiger partial charge < -0.3 is 0 Å². The van der Waals surface area contributed by atoms with Gasteiger partial charge in [-0.25, -0.2) is 9.97 Å². The summed E-state index contributed by atoms with van der Waals surface area (Å²) in [5, 5.41) is 0. The van der Waals surface area contributed by atoms with Crippen molar-refractivity contribution in [3.8, 4) is 22.5 Å². The molecule has 4 fully saturated rings. The van der Waals surface area contributed by atoms with Gasteiger partial charge in [-0.2, -0.15) is 0 Å². The Labute approximate surface area is 689 Å². The fraction of sp³-hybridized carbons (Fsp3) is 0.527. The quantitative estimate of drug-likeness (QED) is 0.102. The van der Waals surface area contributed by atoms with Crippen LogP contribution in [0.4, 0.5) is 0 Å². The molecule has 8 aromatic carbocycles. The number of rotatable bonds is 15. The summed E-state index contributed by atoms with van der Waals surface area (Å²) in [6.07, 6.45) is 34.2. The molecule has 2 heteroatoms. The van der Waals surface area contributed by atoms with Crippen LogP contribution < -0.4 is 0 Å². The van der Waals surface area contributed by atoms with Crippen LogP contribution in [0.25, 0.3) is 22.5 Å². The smallest absolute Gasteiger partial charge is 0.159 e. The minimum absolute atomic E-state index is 0. The number of aromatic nitrogens is 2. The van der Waals surface area contributed by atoms with Gasteiger partial charge in [0.05, 0.1) is 0 Å². The maximum Gasteiger partial charge on any atom is 0.159 e. The first-order valence-electron chi connectivity index (χ1n) is 42.8. The van der Waals surface area contributed by atoms with E-state index >= 15 is 0 Å². The molecule has 608 valence electrons. The predicted octanol–water partition coefficient (Wildman–Crippen LogP) is 31.9. The van der Waals surface area contributed by atoms with Crippen molar-refractivity contribution in [2.45, 2.75) is 343 Å². The van der Waals surface area contributed by atoms with E-state index in [-0.39, 0.29) is 29.7 Å². The van der Waals surface area contributed by atoms with Crippen molar-refractivity contribution >= 4 is 0 Å². The molecule has 0 radical (unpaired) electrons. The molecule has 1 aromatic heterocycles. The third kappa shape index (κ3) is 24.9. The van der Waals surface area contributed by atoms with E-state index in [1.165, 1.54) is 282 Å². The second-order valence-corrected chi connectivity index (χ2v) is 36.7. The highest BCUT2D eigenvalue weighted by atomic mass is 14.9. The minimum atomic E-state index is 0. The average Bonchev–Trinajstić information content (AvgIpc) is 0.798. The van der Waals surface area contributed by atoms with Gasteiger partial charge in [0.15, 0.2) is 5.82 Å². The van der Waals surface area contributed by atoms with Gasteiger partial charge in [-0.15, -0.1) is 0 Å². The summed E-state index contributed by atoms with van der Waals surface area (Å²) in [7, 11) is 0. The molecule has 112 heavy (non-hydrogen) atoms. The fourth-order valence-corrected chi connectivity index (χ4v) is 19.7. The standard InChI is InChI=1S/C28H34N2.C28H34.C26H36.C24H38.4CH4/c1-17-7-9-23(10-8-17)26-15-29-28(30-16-26)25-13-20(4)27(21(5)14-25)24-11-18(2)22(6)19(3)12-24;1-17-9-20(4)27(21(5)10-17)16-26-13-22(6)28(23(7)14-26)15-25-11-18(2)24(8)19(3)12-25;1-17-7-9-23(10-8-17)15-24-13-20(4)26(21(5)14-24)16-25-11-18(2)22(6)19(3)12-25;1-17-5-7-21(8-6-17)15-22-9-11-23(12-10-22)16-24-13-18(2)20(4)19(3)14-24;;;;/h11-17,23H,7-10H2,1-6H3;9-14H,15-16H2,1-8H3;11-14,17,23H,7-10,15-16H2,1-6H3;13-14,17,21-23H,5-12,15-16H2,1-4H3;4*1H4. The van der Waals surface area contributed by atoms with E-state index in [0.717, 1.165) is 72.1 Å². The first-order valence-corrected chi connectivity index (χ1v) is 42.8. The lowest BCUT2D eigenvalue weighted by molar-refractivity contribution is 0.195. The molecule has 0 atom stereocenters. The zero-order chi connectivity index (χ0) is 77.9. The lowest BCUT2D eigenvalue weighted by atomic mass is 9.72. The lowest BCUT2D eigenvalue weighted by Gasteiger charge is -2.33. The van der Waals surface area contributed by atoms with Crippen molar-refractivity contribution in [2.24, 2.45) is 41.4 Å². The van der Waals surface area contributed by atoms with Crippen molar-refractivity contribution in [3.05, 3.63) is 276 Å². The highest BCUT2D eigenvalue weighted by molar-refractivity contribution is 5.76. The predicted molar refractivity (Wildman–Crippen MR) is 496 cm³/mol. The maximum absolute atomic E-state index is 4.76. The van der Waals surface area contributed by atoms with E-state index in [0.29, 0.717) is 5.92 Å². The second kappa shape index (κ2) is 42.5. The number of aryl methyl sites for hydroxylation is 17. The van der Waals surface area contributed by atoms with Gasteiger partial charge in [0.2, 0.25) is 0 Å². The number of nitrogens with zero attached hydrogens (tertiary/aromatic N) is 2. The molecule has 2 nitrogen and oxygen atoms in total. The Hall–Kier alpha value is -7.16. The highest BCUT2D eigenvalue weighted by Crippen LogP contribution is 2.42. The molecule has 13 rings (SSSR count). The van der Waals surface area contributed by atoms with Gasteiger partial charge >= 0.3 is 0 Å². The van der Waals surface area contributed by atoms with Crippen molar-refractivity contribution < 1.29 is 0 Å². The summed E-state index contributed by atoms with van der Waals surface area (Å²) in [5.41, 5.74) is 46.4. The van der Waals surface area contributed by atoms with Gasteiger partial charge in [0.25, 0.3) is 0 Å². The van der Waals surface area contributed by atoms with Crippen LogP contribution in [0.2, 0.25) is 0 Å². The van der Waals surface area contributed by atoms with Crippen LogP contribution in [0.5, 0.6) is 0 Å². The molecule has 0 amide bonds. The second-order valence-electron chi connectivity index (χ2n) is 36.7. The Bertz CT molecular complexity index is 4350. The molecule has 0 unspecified atom stereocenters. The van der Waals surface area contributed by atoms with Gasteiger partial charge in [-0.3, -0.25) is 0 Å². The molecule has 4 saturated carbocycles. The van der Waals surface area contributed by atoms with Crippen molar-refractivity contribution in [1.29, 1.82) is 0 Å². The summed E-state index contributed by atoms with van der Waals surface area (Å²) in [5.74, 6) is 8.22. The molecule has 9 aromatic rings. The summed E-state index contributed by atoms with van der Waals surface area (Å²) < 4.78 is 0. The molecule has 4 aliphatic rings. The Morgan fingerprint density at radius 1 is 0.259 bits per heavy atom. The molecule has 1 heterocycles. The van der Waals surface area contributed by atoms with Gasteiger partial charge in [-0.1, -0.05) is 205 Å². The van der Waals surface area contributed by atoms with Crippen molar-refractivity contribution in [3.63, 3.8) is 0 Å². The third-order valence-electron chi connectivity index (χ3n) is 27.6. The molecule has 0 N–H and O–H groups in total. The topological polar surface area (TPSA) is 25.8 Å². The summed E-state index contributed by atoms with van der Waals surface area (Å²) in [6.45, 7) is 54.2. The van der Waals surface area contributed by atoms with Crippen molar-refractivity contribution in [2.75, 3.05) is 0 Å². The average molecular weight is 1510 g/mol. The van der Waals surface area contributed by atoms with Crippen LogP contribution in [0.15, 0.2) is 109 Å². The maximum atomic E-state index is 4.76. The van der Waals surface area contributed by atoms with Crippen LogP contribution in [0.3, 0.4) is 0 Å². The number of hydrogen-bond donors (Lipinski definition) is 0. The lowest BCUT2D eigenvalue weighted by Crippen LogP contribution is -2.21. The van der Waals surface area contributed by atoms with Gasteiger partial charge in [-0.05, 0) is 454 Å². The van der Waals surface area contributed by atoms with E-state index in [4.69, 9.17) is 9.97 Å². The Balaban J connectivity index is 0.000000231. The number of benzene rings is 8. The molecule has 0 spiro atoms. The molecule has 0 saturated heterocycles. The molecule has 0 bridgehead atoms. The highest BCUT2D eigenvalue weighted by Gasteiger charge is 2.28. The van der Waals surface area contributed by atoms with Crippen LogP contribution in [-0.2, 0) is 32.1 Å². The first kappa shape index (κ1) is 93.7. The van der Waals surface area contributed by atoms with E-state index in [2.05, 4.69) is 276 Å².